The summed E-state index contributed by atoms with van der Waals surface area (Å²) >= 11 is 0. The van der Waals surface area contributed by atoms with Crippen molar-refractivity contribution in [3.8, 4) is 0 Å². The molecule has 0 bridgehead atoms. The maximum Gasteiger partial charge on any atom is 0.308 e. The van der Waals surface area contributed by atoms with Crippen molar-refractivity contribution in [1.29, 1.82) is 0 Å². The van der Waals surface area contributed by atoms with Crippen LogP contribution in [0.25, 0.3) is 0 Å². The molecule has 0 aliphatic carbocycles. The van der Waals surface area contributed by atoms with Gasteiger partial charge in [0.1, 0.15) is 0 Å². The molecule has 0 radical (unpaired) electrons. The first-order valence-corrected chi connectivity index (χ1v) is 9.51. The van der Waals surface area contributed by atoms with Crippen LogP contribution in [0.15, 0.2) is 24.3 Å². The van der Waals surface area contributed by atoms with Crippen LogP contribution in [0.3, 0.4) is 0 Å². The first kappa shape index (κ1) is 18.3. The number of carbonyl (C=O) groups excluding carboxylic acids is 1. The standard InChI is InChI=1S/C16H22N2O5S/c1-3-7-24(22,23)17-13-6-4-5-12(8-13)15(19)18-9-11(2)14(10-18)16(20)21/h4-6,8,11,14,17H,3,7,9-10H2,1-2H3,(H,20,21)/t11-,14-/m1/s1. The summed E-state index contributed by atoms with van der Waals surface area (Å²) in [5, 5.41) is 9.16. The molecule has 1 amide bonds. The Bertz CT molecular complexity index is 732. The van der Waals surface area contributed by atoms with Crippen molar-refractivity contribution in [3.63, 3.8) is 0 Å². The number of nitrogens with one attached hydrogen (secondary N) is 1. The monoisotopic (exact) mass is 354 g/mol. The smallest absolute Gasteiger partial charge is 0.308 e. The Morgan fingerprint density at radius 1 is 1.33 bits per heavy atom. The zero-order chi connectivity index (χ0) is 17.9. The third-order valence-electron chi connectivity index (χ3n) is 4.07. The van der Waals surface area contributed by atoms with Gasteiger partial charge < -0.3 is 10.0 Å². The van der Waals surface area contributed by atoms with Crippen molar-refractivity contribution in [1.82, 2.24) is 4.90 Å². The molecule has 1 aromatic rings. The molecule has 2 rings (SSSR count). The third-order valence-corrected chi connectivity index (χ3v) is 5.56. The molecule has 1 fully saturated rings. The molecule has 8 heteroatoms. The minimum Gasteiger partial charge on any atom is -0.481 e. The zero-order valence-electron chi connectivity index (χ0n) is 13.7. The fourth-order valence-corrected chi connectivity index (χ4v) is 3.98. The van der Waals surface area contributed by atoms with Gasteiger partial charge in [0.15, 0.2) is 0 Å². The van der Waals surface area contributed by atoms with Crippen molar-refractivity contribution in [3.05, 3.63) is 29.8 Å². The second-order valence-corrected chi connectivity index (χ2v) is 7.98. The van der Waals surface area contributed by atoms with Crippen LogP contribution < -0.4 is 4.72 Å². The molecule has 7 nitrogen and oxygen atoms in total. The molecule has 1 saturated heterocycles. The summed E-state index contributed by atoms with van der Waals surface area (Å²) in [6.45, 7) is 4.12. The molecule has 1 aliphatic heterocycles. The van der Waals surface area contributed by atoms with Gasteiger partial charge in [0.25, 0.3) is 5.91 Å². The summed E-state index contributed by atoms with van der Waals surface area (Å²) in [6, 6.07) is 6.26. The highest BCUT2D eigenvalue weighted by molar-refractivity contribution is 7.92. The van der Waals surface area contributed by atoms with E-state index in [2.05, 4.69) is 4.72 Å². The minimum absolute atomic E-state index is 0.00903. The van der Waals surface area contributed by atoms with Crippen molar-refractivity contribution >= 4 is 27.6 Å². The van der Waals surface area contributed by atoms with E-state index in [9.17, 15) is 18.0 Å². The lowest BCUT2D eigenvalue weighted by molar-refractivity contribution is -0.142. The van der Waals surface area contributed by atoms with Crippen molar-refractivity contribution < 1.29 is 23.1 Å². The summed E-state index contributed by atoms with van der Waals surface area (Å²) in [5.41, 5.74) is 0.668. The largest absolute Gasteiger partial charge is 0.481 e. The first-order chi connectivity index (χ1) is 11.2. The number of amides is 1. The van der Waals surface area contributed by atoms with Crippen LogP contribution >= 0.6 is 0 Å². The molecule has 1 aliphatic rings. The van der Waals surface area contributed by atoms with E-state index in [1.54, 1.807) is 32.0 Å². The number of likely N-dealkylation sites (tertiary alicyclic amines) is 1. The Hall–Kier alpha value is -2.09. The van der Waals surface area contributed by atoms with Crippen LogP contribution in [0.4, 0.5) is 5.69 Å². The van der Waals surface area contributed by atoms with Crippen molar-refractivity contribution in [2.75, 3.05) is 23.6 Å². The van der Waals surface area contributed by atoms with Crippen LogP contribution in [0.1, 0.15) is 30.6 Å². The lowest BCUT2D eigenvalue weighted by Crippen LogP contribution is -2.30. The maximum absolute atomic E-state index is 12.6. The second-order valence-electron chi connectivity index (χ2n) is 6.13. The van der Waals surface area contributed by atoms with Crippen LogP contribution in [0.2, 0.25) is 0 Å². The van der Waals surface area contributed by atoms with Crippen molar-refractivity contribution in [2.24, 2.45) is 11.8 Å². The van der Waals surface area contributed by atoms with E-state index in [0.29, 0.717) is 24.2 Å². The topological polar surface area (TPSA) is 104 Å². The summed E-state index contributed by atoms with van der Waals surface area (Å²) in [5.74, 6) is -1.87. The normalized spacial score (nSPS) is 20.8. The first-order valence-electron chi connectivity index (χ1n) is 7.86. The zero-order valence-corrected chi connectivity index (χ0v) is 14.5. The van der Waals surface area contributed by atoms with E-state index < -0.39 is 21.9 Å². The SMILES string of the molecule is CCCS(=O)(=O)Nc1cccc(C(=O)N2C[C@@H](C)[C@H](C(=O)O)C2)c1. The van der Waals surface area contributed by atoms with Gasteiger partial charge in [-0.15, -0.1) is 0 Å². The van der Waals surface area contributed by atoms with Gasteiger partial charge >= 0.3 is 5.97 Å². The van der Waals surface area contributed by atoms with E-state index in [0.717, 1.165) is 0 Å². The van der Waals surface area contributed by atoms with E-state index in [1.165, 1.54) is 11.0 Å². The Labute approximate surface area is 141 Å². The fraction of sp³-hybridized carbons (Fsp3) is 0.500. The minimum atomic E-state index is -3.43. The van der Waals surface area contributed by atoms with Gasteiger partial charge in [-0.05, 0) is 30.5 Å². The quantitative estimate of drug-likeness (QED) is 0.808. The predicted octanol–water partition coefficient (Wildman–Crippen LogP) is 1.63. The van der Waals surface area contributed by atoms with E-state index in [4.69, 9.17) is 5.11 Å². The van der Waals surface area contributed by atoms with Gasteiger partial charge in [0, 0.05) is 24.3 Å². The molecule has 0 saturated carbocycles. The molecular weight excluding hydrogens is 332 g/mol. The Balaban J connectivity index is 2.14. The van der Waals surface area contributed by atoms with E-state index in [-0.39, 0.29) is 24.1 Å². The van der Waals surface area contributed by atoms with Crippen LogP contribution in [-0.2, 0) is 14.8 Å². The van der Waals surface area contributed by atoms with Gasteiger partial charge in [-0.3, -0.25) is 14.3 Å². The van der Waals surface area contributed by atoms with E-state index in [1.807, 2.05) is 0 Å². The number of hydrogen-bond donors (Lipinski definition) is 2. The Kier molecular flexibility index (Phi) is 5.48. The molecule has 0 spiro atoms. The fourth-order valence-electron chi connectivity index (χ4n) is 2.85. The molecule has 2 N–H and O–H groups in total. The second kappa shape index (κ2) is 7.21. The van der Waals surface area contributed by atoms with Crippen LogP contribution in [-0.4, -0.2) is 49.1 Å². The number of carbonyl (C=O) groups is 2. The number of nitrogens with zero attached hydrogens (tertiary/aromatic N) is 1. The Morgan fingerprint density at radius 3 is 2.62 bits per heavy atom. The van der Waals surface area contributed by atoms with Crippen molar-refractivity contribution in [2.45, 2.75) is 20.3 Å². The third kappa shape index (κ3) is 4.25. The van der Waals surface area contributed by atoms with Gasteiger partial charge in [0.05, 0.1) is 11.7 Å². The molecule has 24 heavy (non-hydrogen) atoms. The summed E-state index contributed by atoms with van der Waals surface area (Å²) in [4.78, 5) is 25.2. The summed E-state index contributed by atoms with van der Waals surface area (Å²) in [7, 11) is -3.43. The average Bonchev–Trinajstić information content (AvgIpc) is 2.88. The highest BCUT2D eigenvalue weighted by atomic mass is 32.2. The molecule has 0 aromatic heterocycles. The molecule has 132 valence electrons. The van der Waals surface area contributed by atoms with E-state index >= 15 is 0 Å². The average molecular weight is 354 g/mol. The summed E-state index contributed by atoms with van der Waals surface area (Å²) < 4.78 is 26.1. The molecular formula is C16H22N2O5S. The molecule has 2 atom stereocenters. The van der Waals surface area contributed by atoms with Gasteiger partial charge in [-0.25, -0.2) is 8.42 Å². The molecule has 0 unspecified atom stereocenters. The van der Waals surface area contributed by atoms with Gasteiger partial charge in [-0.1, -0.05) is 19.9 Å². The van der Waals surface area contributed by atoms with Crippen LogP contribution in [0.5, 0.6) is 0 Å². The number of carboxylic acid groups (broad SMARTS) is 1. The number of benzene rings is 1. The lowest BCUT2D eigenvalue weighted by atomic mass is 9.99. The highest BCUT2D eigenvalue weighted by Crippen LogP contribution is 2.25. The number of hydrogen-bond acceptors (Lipinski definition) is 4. The molecule has 1 aromatic carbocycles. The van der Waals surface area contributed by atoms with Gasteiger partial charge in [0.2, 0.25) is 10.0 Å². The number of carboxylic acids is 1. The molecule has 1 heterocycles. The lowest BCUT2D eigenvalue weighted by Gasteiger charge is -2.16. The highest BCUT2D eigenvalue weighted by Gasteiger charge is 2.37. The summed E-state index contributed by atoms with van der Waals surface area (Å²) in [6.07, 6.45) is 0.496. The number of rotatable bonds is 6. The maximum atomic E-state index is 12.6. The number of sulfonamides is 1. The number of aliphatic carboxylic acids is 1. The van der Waals surface area contributed by atoms with Gasteiger partial charge in [-0.2, -0.15) is 0 Å². The predicted molar refractivity (Wildman–Crippen MR) is 90.3 cm³/mol. The Morgan fingerprint density at radius 2 is 2.04 bits per heavy atom. The van der Waals surface area contributed by atoms with Crippen LogP contribution in [0, 0.1) is 11.8 Å². The number of anilines is 1.